The Hall–Kier alpha value is -1.96. The highest BCUT2D eigenvalue weighted by Crippen LogP contribution is 2.28. The second-order valence-electron chi connectivity index (χ2n) is 7.82. The quantitative estimate of drug-likeness (QED) is 0.759. The minimum Gasteiger partial charge on any atom is -0.497 e. The van der Waals surface area contributed by atoms with Crippen LogP contribution in [0.3, 0.4) is 0 Å². The van der Waals surface area contributed by atoms with Crippen molar-refractivity contribution in [2.45, 2.75) is 31.8 Å². The van der Waals surface area contributed by atoms with Crippen molar-refractivity contribution in [1.82, 2.24) is 24.6 Å². The molecule has 2 aromatic rings. The van der Waals surface area contributed by atoms with E-state index in [1.54, 1.807) is 7.11 Å². The van der Waals surface area contributed by atoms with Gasteiger partial charge in [-0.15, -0.1) is 10.2 Å². The van der Waals surface area contributed by atoms with Crippen LogP contribution in [0.25, 0.3) is 0 Å². The number of likely N-dealkylation sites (tertiary alicyclic amines) is 1. The van der Waals surface area contributed by atoms with Gasteiger partial charge in [0.25, 0.3) is 0 Å². The predicted octanol–water partition coefficient (Wildman–Crippen LogP) is 2.04. The topological polar surface area (TPSA) is 55.6 Å². The Labute approximate surface area is 167 Å². The molecule has 2 aliphatic heterocycles. The predicted molar refractivity (Wildman–Crippen MR) is 107 cm³/mol. The third-order valence-electron chi connectivity index (χ3n) is 5.96. The Kier molecular flexibility index (Phi) is 6.24. The van der Waals surface area contributed by atoms with E-state index in [0.29, 0.717) is 5.92 Å². The van der Waals surface area contributed by atoms with Gasteiger partial charge in [0, 0.05) is 32.6 Å². The molecule has 7 nitrogen and oxygen atoms in total. The maximum absolute atomic E-state index is 5.44. The van der Waals surface area contributed by atoms with Crippen molar-refractivity contribution in [3.63, 3.8) is 0 Å². The lowest BCUT2D eigenvalue weighted by Crippen LogP contribution is -2.36. The zero-order chi connectivity index (χ0) is 19.3. The summed E-state index contributed by atoms with van der Waals surface area (Å²) in [7, 11) is 3.84. The molecule has 1 aromatic heterocycles. The van der Waals surface area contributed by atoms with Gasteiger partial charge in [0.15, 0.2) is 0 Å². The molecule has 0 bridgehead atoms. The summed E-state index contributed by atoms with van der Waals surface area (Å²) in [5.74, 6) is 3.64. The molecule has 3 heterocycles. The van der Waals surface area contributed by atoms with E-state index < -0.39 is 0 Å². The molecule has 0 radical (unpaired) electrons. The zero-order valence-corrected chi connectivity index (χ0v) is 17.0. The summed E-state index contributed by atoms with van der Waals surface area (Å²) in [5.41, 5.74) is 1.31. The highest BCUT2D eigenvalue weighted by Gasteiger charge is 2.26. The van der Waals surface area contributed by atoms with Crippen molar-refractivity contribution >= 4 is 0 Å². The average Bonchev–Trinajstić information content (AvgIpc) is 3.10. The molecule has 0 saturated carbocycles. The van der Waals surface area contributed by atoms with Crippen LogP contribution in [-0.2, 0) is 24.9 Å². The van der Waals surface area contributed by atoms with Gasteiger partial charge in [-0.1, -0.05) is 12.1 Å². The fourth-order valence-electron chi connectivity index (χ4n) is 4.21. The van der Waals surface area contributed by atoms with Crippen LogP contribution in [0.4, 0.5) is 0 Å². The largest absolute Gasteiger partial charge is 0.497 e. The highest BCUT2D eigenvalue weighted by molar-refractivity contribution is 5.28. The number of methoxy groups -OCH3 is 1. The number of hydrogen-bond acceptors (Lipinski definition) is 6. The van der Waals surface area contributed by atoms with Crippen molar-refractivity contribution < 1.29 is 9.47 Å². The van der Waals surface area contributed by atoms with E-state index in [0.717, 1.165) is 82.7 Å². The molecule has 0 atom stereocenters. The lowest BCUT2D eigenvalue weighted by atomic mass is 9.95. The number of rotatable bonds is 6. The van der Waals surface area contributed by atoms with E-state index >= 15 is 0 Å². The summed E-state index contributed by atoms with van der Waals surface area (Å²) in [6.07, 6.45) is 2.26. The summed E-state index contributed by atoms with van der Waals surface area (Å²) < 4.78 is 13.0. The Morgan fingerprint density at radius 1 is 1.04 bits per heavy atom. The molecule has 0 N–H and O–H groups in total. The van der Waals surface area contributed by atoms with Gasteiger partial charge in [-0.2, -0.15) is 0 Å². The summed E-state index contributed by atoms with van der Waals surface area (Å²) in [5, 5.41) is 9.05. The van der Waals surface area contributed by atoms with Gasteiger partial charge in [0.05, 0.1) is 26.9 Å². The lowest BCUT2D eigenvalue weighted by molar-refractivity contribution is 0.0326. The molecule has 152 valence electrons. The molecule has 4 rings (SSSR count). The Balaban J connectivity index is 1.32. The van der Waals surface area contributed by atoms with Gasteiger partial charge in [-0.3, -0.25) is 9.80 Å². The van der Waals surface area contributed by atoms with Gasteiger partial charge in [0.1, 0.15) is 17.4 Å². The van der Waals surface area contributed by atoms with E-state index in [2.05, 4.69) is 49.8 Å². The molecular formula is C21H31N5O2. The normalized spacial score (nSPS) is 19.8. The number of nitrogens with zero attached hydrogens (tertiary/aromatic N) is 5. The van der Waals surface area contributed by atoms with E-state index in [-0.39, 0.29) is 0 Å². The van der Waals surface area contributed by atoms with Gasteiger partial charge in [-0.05, 0) is 43.6 Å². The van der Waals surface area contributed by atoms with E-state index in [1.165, 1.54) is 5.56 Å². The van der Waals surface area contributed by atoms with Gasteiger partial charge in [0.2, 0.25) is 0 Å². The van der Waals surface area contributed by atoms with E-state index in [4.69, 9.17) is 9.47 Å². The minimum absolute atomic E-state index is 0.498. The first-order chi connectivity index (χ1) is 13.7. The van der Waals surface area contributed by atoms with Crippen LogP contribution in [0.2, 0.25) is 0 Å². The average molecular weight is 386 g/mol. The third-order valence-corrected chi connectivity index (χ3v) is 5.96. The summed E-state index contributed by atoms with van der Waals surface area (Å²) in [6.45, 7) is 7.61. The fraction of sp³-hybridized carbons (Fsp3) is 0.619. The number of hydrogen-bond donors (Lipinski definition) is 0. The van der Waals surface area contributed by atoms with Gasteiger partial charge < -0.3 is 14.0 Å². The second-order valence-corrected chi connectivity index (χ2v) is 7.82. The zero-order valence-electron chi connectivity index (χ0n) is 17.0. The van der Waals surface area contributed by atoms with Crippen molar-refractivity contribution in [3.8, 4) is 5.75 Å². The Morgan fingerprint density at radius 2 is 1.79 bits per heavy atom. The first-order valence-electron chi connectivity index (χ1n) is 10.3. The minimum atomic E-state index is 0.498. The molecule has 2 saturated heterocycles. The van der Waals surface area contributed by atoms with Crippen LogP contribution in [0, 0.1) is 0 Å². The van der Waals surface area contributed by atoms with Crippen molar-refractivity contribution in [3.05, 3.63) is 41.5 Å². The molecule has 2 fully saturated rings. The Morgan fingerprint density at radius 3 is 2.54 bits per heavy atom. The first kappa shape index (κ1) is 19.4. The molecule has 0 spiro atoms. The van der Waals surface area contributed by atoms with E-state index in [9.17, 15) is 0 Å². The molecule has 0 amide bonds. The number of piperidine rings is 1. The maximum Gasteiger partial charge on any atom is 0.146 e. The van der Waals surface area contributed by atoms with Gasteiger partial charge >= 0.3 is 0 Å². The van der Waals surface area contributed by atoms with Crippen molar-refractivity contribution in [2.24, 2.45) is 7.05 Å². The van der Waals surface area contributed by atoms with Crippen LogP contribution in [0.1, 0.15) is 36.0 Å². The number of morpholine rings is 1. The molecule has 0 unspecified atom stereocenters. The van der Waals surface area contributed by atoms with Crippen molar-refractivity contribution in [2.75, 3.05) is 46.5 Å². The summed E-state index contributed by atoms with van der Waals surface area (Å²) in [6, 6.07) is 8.37. The second kappa shape index (κ2) is 9.03. The SMILES string of the molecule is COc1cccc(CN2CCC(c3nnc(CN4CCOCC4)n3C)CC2)c1. The third kappa shape index (κ3) is 4.54. The van der Waals surface area contributed by atoms with Crippen LogP contribution < -0.4 is 4.74 Å². The first-order valence-corrected chi connectivity index (χ1v) is 10.3. The lowest BCUT2D eigenvalue weighted by Gasteiger charge is -2.31. The standard InChI is InChI=1S/C21H31N5O2/c1-24-20(16-26-10-12-28-13-11-26)22-23-21(24)18-6-8-25(9-7-18)15-17-4-3-5-19(14-17)27-2/h3-5,14,18H,6-13,15-16H2,1-2H3. The molecule has 2 aliphatic rings. The highest BCUT2D eigenvalue weighted by atomic mass is 16.5. The van der Waals surface area contributed by atoms with Crippen LogP contribution in [0.5, 0.6) is 5.75 Å². The van der Waals surface area contributed by atoms with Gasteiger partial charge in [-0.25, -0.2) is 0 Å². The summed E-state index contributed by atoms with van der Waals surface area (Å²) >= 11 is 0. The number of benzene rings is 1. The monoisotopic (exact) mass is 385 g/mol. The van der Waals surface area contributed by atoms with Crippen LogP contribution >= 0.6 is 0 Å². The molecule has 7 heteroatoms. The molecular weight excluding hydrogens is 354 g/mol. The van der Waals surface area contributed by atoms with Crippen LogP contribution in [0.15, 0.2) is 24.3 Å². The molecule has 28 heavy (non-hydrogen) atoms. The molecule has 1 aromatic carbocycles. The summed E-state index contributed by atoms with van der Waals surface area (Å²) in [4.78, 5) is 4.92. The smallest absolute Gasteiger partial charge is 0.146 e. The Bertz CT molecular complexity index is 764. The van der Waals surface area contributed by atoms with E-state index in [1.807, 2.05) is 6.07 Å². The molecule has 0 aliphatic carbocycles. The number of ether oxygens (including phenoxy) is 2. The fourth-order valence-corrected chi connectivity index (χ4v) is 4.21. The van der Waals surface area contributed by atoms with Crippen LogP contribution in [-0.4, -0.2) is 71.1 Å². The number of aromatic nitrogens is 3. The van der Waals surface area contributed by atoms with Crippen molar-refractivity contribution in [1.29, 1.82) is 0 Å². The maximum atomic E-state index is 5.44.